The molecule has 1 aromatic carbocycles. The molecule has 0 radical (unpaired) electrons. The van der Waals surface area contributed by atoms with E-state index in [-0.39, 0.29) is 11.0 Å². The molecule has 1 heterocycles. The number of hydrogen-bond donors (Lipinski definition) is 0. The van der Waals surface area contributed by atoms with E-state index in [0.29, 0.717) is 32.1 Å². The van der Waals surface area contributed by atoms with Gasteiger partial charge in [-0.15, -0.1) is 0 Å². The molecular formula is C17H27N3O5S. The van der Waals surface area contributed by atoms with Gasteiger partial charge in [0.2, 0.25) is 10.0 Å². The molecule has 2 rings (SSSR count). The number of benzene rings is 1. The average Bonchev–Trinajstić information content (AvgIpc) is 2.63. The van der Waals surface area contributed by atoms with Crippen LogP contribution in [0, 0.1) is 0 Å². The predicted octanol–water partition coefficient (Wildman–Crippen LogP) is 1.09. The minimum absolute atomic E-state index is 0.241. The minimum Gasteiger partial charge on any atom is -0.492 e. The van der Waals surface area contributed by atoms with Gasteiger partial charge < -0.3 is 14.4 Å². The number of ether oxygens (including phenoxy) is 2. The molecule has 0 saturated carbocycles. The predicted molar refractivity (Wildman–Crippen MR) is 97.8 cm³/mol. The molecule has 1 amide bonds. The molecule has 0 aliphatic carbocycles. The molecule has 0 atom stereocenters. The lowest BCUT2D eigenvalue weighted by molar-refractivity contribution is 0.0757. The second-order valence-corrected chi connectivity index (χ2v) is 8.29. The van der Waals surface area contributed by atoms with Crippen LogP contribution in [0.3, 0.4) is 0 Å². The first-order valence-corrected chi connectivity index (χ1v) is 10.1. The highest BCUT2D eigenvalue weighted by molar-refractivity contribution is 7.89. The summed E-state index contributed by atoms with van der Waals surface area (Å²) in [6, 6.07) is 6.41. The summed E-state index contributed by atoms with van der Waals surface area (Å²) in [5.41, 5.74) is 0. The fourth-order valence-corrected chi connectivity index (χ4v) is 3.48. The summed E-state index contributed by atoms with van der Waals surface area (Å²) in [4.78, 5) is 15.8. The van der Waals surface area contributed by atoms with Crippen molar-refractivity contribution in [2.45, 2.75) is 11.8 Å². The first kappa shape index (κ1) is 20.5. The molecule has 1 aliphatic rings. The van der Waals surface area contributed by atoms with Crippen molar-refractivity contribution in [3.8, 4) is 5.75 Å². The van der Waals surface area contributed by atoms with Gasteiger partial charge in [0.05, 0.1) is 11.5 Å². The van der Waals surface area contributed by atoms with Gasteiger partial charge in [-0.3, -0.25) is 4.90 Å². The van der Waals surface area contributed by atoms with E-state index in [0.717, 1.165) is 19.6 Å². The fourth-order valence-electron chi connectivity index (χ4n) is 2.58. The highest BCUT2D eigenvalue weighted by Crippen LogP contribution is 2.18. The van der Waals surface area contributed by atoms with E-state index in [1.807, 2.05) is 0 Å². The lowest BCUT2D eigenvalue weighted by atomic mass is 10.3. The number of rotatable bonds is 7. The lowest BCUT2D eigenvalue weighted by Gasteiger charge is -2.33. The molecule has 0 aromatic heterocycles. The number of nitrogens with zero attached hydrogens (tertiary/aromatic N) is 3. The Morgan fingerprint density at radius 1 is 1.12 bits per heavy atom. The van der Waals surface area contributed by atoms with Crippen molar-refractivity contribution in [3.05, 3.63) is 24.3 Å². The Morgan fingerprint density at radius 2 is 1.73 bits per heavy atom. The number of carbonyl (C=O) groups is 1. The summed E-state index contributed by atoms with van der Waals surface area (Å²) in [5, 5.41) is 0. The van der Waals surface area contributed by atoms with Crippen LogP contribution in [0.2, 0.25) is 0 Å². The van der Waals surface area contributed by atoms with Crippen molar-refractivity contribution in [2.75, 3.05) is 60.0 Å². The second kappa shape index (κ2) is 9.20. The van der Waals surface area contributed by atoms with Crippen LogP contribution in [0.5, 0.6) is 5.75 Å². The van der Waals surface area contributed by atoms with Crippen molar-refractivity contribution in [1.29, 1.82) is 0 Å². The zero-order valence-electron chi connectivity index (χ0n) is 15.6. The van der Waals surface area contributed by atoms with Gasteiger partial charge in [-0.2, -0.15) is 0 Å². The van der Waals surface area contributed by atoms with Crippen LogP contribution in [-0.2, 0) is 14.8 Å². The zero-order valence-corrected chi connectivity index (χ0v) is 16.4. The Labute approximate surface area is 155 Å². The minimum atomic E-state index is -3.42. The lowest BCUT2D eigenvalue weighted by Crippen LogP contribution is -2.49. The first-order chi connectivity index (χ1) is 12.3. The summed E-state index contributed by atoms with van der Waals surface area (Å²) in [5.74, 6) is 0.632. The highest BCUT2D eigenvalue weighted by atomic mass is 32.2. The van der Waals surface area contributed by atoms with E-state index < -0.39 is 10.0 Å². The number of hydrogen-bond acceptors (Lipinski definition) is 6. The Morgan fingerprint density at radius 3 is 2.27 bits per heavy atom. The number of amides is 1. The molecule has 1 aromatic rings. The summed E-state index contributed by atoms with van der Waals surface area (Å²) in [6.07, 6.45) is -0.254. The summed E-state index contributed by atoms with van der Waals surface area (Å²) in [6.45, 7) is 6.29. The van der Waals surface area contributed by atoms with Crippen molar-refractivity contribution < 1.29 is 22.7 Å². The molecule has 146 valence electrons. The maximum Gasteiger partial charge on any atom is 0.409 e. The van der Waals surface area contributed by atoms with Gasteiger partial charge in [0, 0.05) is 46.8 Å². The van der Waals surface area contributed by atoms with E-state index in [2.05, 4.69) is 4.90 Å². The smallest absolute Gasteiger partial charge is 0.409 e. The number of sulfonamides is 1. The van der Waals surface area contributed by atoms with E-state index in [1.54, 1.807) is 36.1 Å². The SMILES string of the molecule is CCOC(=O)N1CCN(CCOc2ccc(S(=O)(=O)N(C)C)cc2)CC1. The van der Waals surface area contributed by atoms with Gasteiger partial charge >= 0.3 is 6.09 Å². The average molecular weight is 385 g/mol. The van der Waals surface area contributed by atoms with Crippen LogP contribution in [0.4, 0.5) is 4.79 Å². The number of carbonyl (C=O) groups excluding carboxylic acids is 1. The normalized spacial score (nSPS) is 15.9. The van der Waals surface area contributed by atoms with Gasteiger partial charge in [0.1, 0.15) is 12.4 Å². The van der Waals surface area contributed by atoms with E-state index >= 15 is 0 Å². The van der Waals surface area contributed by atoms with Gasteiger partial charge in [0.15, 0.2) is 0 Å². The van der Waals surface area contributed by atoms with Crippen molar-refractivity contribution in [3.63, 3.8) is 0 Å². The van der Waals surface area contributed by atoms with Gasteiger partial charge in [-0.05, 0) is 31.2 Å². The maximum absolute atomic E-state index is 12.0. The van der Waals surface area contributed by atoms with Gasteiger partial charge in [0.25, 0.3) is 0 Å². The molecule has 9 heteroatoms. The molecule has 0 spiro atoms. The highest BCUT2D eigenvalue weighted by Gasteiger charge is 2.21. The zero-order chi connectivity index (χ0) is 19.2. The number of piperazine rings is 1. The molecule has 1 fully saturated rings. The molecule has 0 unspecified atom stereocenters. The van der Waals surface area contributed by atoms with Crippen LogP contribution in [0.15, 0.2) is 29.2 Å². The van der Waals surface area contributed by atoms with Crippen LogP contribution in [0.1, 0.15) is 6.92 Å². The molecular weight excluding hydrogens is 358 g/mol. The fraction of sp³-hybridized carbons (Fsp3) is 0.588. The Hall–Kier alpha value is -1.84. The molecule has 0 N–H and O–H groups in total. The monoisotopic (exact) mass is 385 g/mol. The third kappa shape index (κ3) is 5.33. The van der Waals surface area contributed by atoms with Gasteiger partial charge in [-0.1, -0.05) is 0 Å². The quantitative estimate of drug-likeness (QED) is 0.699. The third-order valence-corrected chi connectivity index (χ3v) is 6.01. The third-order valence-electron chi connectivity index (χ3n) is 4.18. The maximum atomic E-state index is 12.0. The molecule has 8 nitrogen and oxygen atoms in total. The van der Waals surface area contributed by atoms with E-state index in [1.165, 1.54) is 18.4 Å². The van der Waals surface area contributed by atoms with Crippen LogP contribution < -0.4 is 4.74 Å². The first-order valence-electron chi connectivity index (χ1n) is 8.64. The van der Waals surface area contributed by atoms with Crippen molar-refractivity contribution >= 4 is 16.1 Å². The van der Waals surface area contributed by atoms with Gasteiger partial charge in [-0.25, -0.2) is 17.5 Å². The summed E-state index contributed by atoms with van der Waals surface area (Å²) < 4.78 is 35.9. The Bertz CT molecular complexity index is 683. The molecule has 0 bridgehead atoms. The van der Waals surface area contributed by atoms with Crippen molar-refractivity contribution in [2.24, 2.45) is 0 Å². The van der Waals surface area contributed by atoms with E-state index in [9.17, 15) is 13.2 Å². The Kier molecular flexibility index (Phi) is 7.24. The van der Waals surface area contributed by atoms with Crippen LogP contribution in [0.25, 0.3) is 0 Å². The largest absolute Gasteiger partial charge is 0.492 e. The molecule has 26 heavy (non-hydrogen) atoms. The van der Waals surface area contributed by atoms with Crippen LogP contribution >= 0.6 is 0 Å². The second-order valence-electron chi connectivity index (χ2n) is 6.13. The molecule has 1 aliphatic heterocycles. The topological polar surface area (TPSA) is 79.4 Å². The Balaban J connectivity index is 1.75. The van der Waals surface area contributed by atoms with E-state index in [4.69, 9.17) is 9.47 Å². The summed E-state index contributed by atoms with van der Waals surface area (Å²) in [7, 11) is -0.418. The summed E-state index contributed by atoms with van der Waals surface area (Å²) >= 11 is 0. The molecule has 1 saturated heterocycles. The van der Waals surface area contributed by atoms with Crippen LogP contribution in [-0.4, -0.2) is 88.6 Å². The van der Waals surface area contributed by atoms with Crippen molar-refractivity contribution in [1.82, 2.24) is 14.1 Å². The standard InChI is InChI=1S/C17H27N3O5S/c1-4-24-17(21)20-11-9-19(10-12-20)13-14-25-15-5-7-16(8-6-15)26(22,23)18(2)3/h5-8H,4,9-14H2,1-3H3.